The number of amides is 1. The average molecular weight is 455 g/mol. The number of imidazole rings is 1. The topological polar surface area (TPSA) is 68.8 Å². The van der Waals surface area contributed by atoms with E-state index >= 15 is 0 Å². The third-order valence-electron chi connectivity index (χ3n) is 7.27. The summed E-state index contributed by atoms with van der Waals surface area (Å²) in [5.41, 5.74) is 7.46. The van der Waals surface area contributed by atoms with E-state index in [2.05, 4.69) is 34.8 Å². The van der Waals surface area contributed by atoms with Gasteiger partial charge in [0, 0.05) is 61.4 Å². The van der Waals surface area contributed by atoms with Gasteiger partial charge < -0.3 is 9.47 Å². The molecule has 2 aliphatic rings. The van der Waals surface area contributed by atoms with Crippen LogP contribution in [0.2, 0.25) is 0 Å². The number of nitrogens with zero attached hydrogens (tertiary/aromatic N) is 6. The molecule has 174 valence electrons. The fraction of sp³-hybridized carbons (Fsp3) is 0.407. The molecule has 34 heavy (non-hydrogen) atoms. The number of fused-ring (bicyclic) bond motifs is 2. The number of aromatic nitrogens is 5. The number of hydrogen-bond donors (Lipinski definition) is 0. The van der Waals surface area contributed by atoms with Crippen molar-refractivity contribution in [3.8, 4) is 22.5 Å². The second kappa shape index (κ2) is 7.79. The molecule has 1 aliphatic heterocycles. The van der Waals surface area contributed by atoms with Crippen LogP contribution in [0.3, 0.4) is 0 Å². The molecule has 0 N–H and O–H groups in total. The average Bonchev–Trinajstić information content (AvgIpc) is 3.54. The minimum atomic E-state index is 0.208. The molecule has 0 saturated heterocycles. The summed E-state index contributed by atoms with van der Waals surface area (Å²) in [5, 5.41) is 6.72. The highest BCUT2D eigenvalue weighted by molar-refractivity contribution is 5.99. The lowest BCUT2D eigenvalue weighted by atomic mass is 9.96. The summed E-state index contributed by atoms with van der Waals surface area (Å²) < 4.78 is 4.22. The normalized spacial score (nSPS) is 15.7. The Hall–Kier alpha value is -3.48. The molecule has 7 heteroatoms. The first kappa shape index (κ1) is 21.1. The minimum absolute atomic E-state index is 0.208. The summed E-state index contributed by atoms with van der Waals surface area (Å²) in [6.07, 6.45) is 6.95. The van der Waals surface area contributed by atoms with Crippen molar-refractivity contribution in [1.29, 1.82) is 0 Å². The van der Waals surface area contributed by atoms with E-state index in [0.29, 0.717) is 18.9 Å². The van der Waals surface area contributed by atoms with Crippen LogP contribution in [0.15, 0.2) is 30.6 Å². The maximum Gasteiger partial charge on any atom is 0.222 e. The van der Waals surface area contributed by atoms with Crippen molar-refractivity contribution >= 4 is 16.7 Å². The molecule has 1 aromatic carbocycles. The summed E-state index contributed by atoms with van der Waals surface area (Å²) in [6, 6.07) is 6.50. The molecule has 4 heterocycles. The molecule has 0 bridgehead atoms. The van der Waals surface area contributed by atoms with Gasteiger partial charge in [0.2, 0.25) is 5.91 Å². The van der Waals surface area contributed by atoms with Crippen molar-refractivity contribution in [2.24, 2.45) is 7.05 Å². The Morgan fingerprint density at radius 3 is 2.71 bits per heavy atom. The molecule has 0 radical (unpaired) electrons. The zero-order chi connectivity index (χ0) is 23.6. The molecule has 0 unspecified atom stereocenters. The van der Waals surface area contributed by atoms with Crippen LogP contribution in [0, 0.1) is 13.8 Å². The highest BCUT2D eigenvalue weighted by Crippen LogP contribution is 2.44. The molecule has 1 aliphatic carbocycles. The van der Waals surface area contributed by atoms with E-state index in [4.69, 9.17) is 9.97 Å². The van der Waals surface area contributed by atoms with Gasteiger partial charge >= 0.3 is 0 Å². The van der Waals surface area contributed by atoms with Gasteiger partial charge in [-0.05, 0) is 43.7 Å². The number of hydrogen-bond acceptors (Lipinski definition) is 4. The maximum atomic E-state index is 12.5. The number of carbonyl (C=O) groups excluding carboxylic acids is 1. The Balaban J connectivity index is 1.52. The van der Waals surface area contributed by atoms with Crippen LogP contribution in [0.1, 0.15) is 54.9 Å². The molecule has 4 aromatic rings. The second-order valence-electron chi connectivity index (χ2n) is 9.71. The van der Waals surface area contributed by atoms with Crippen molar-refractivity contribution in [3.63, 3.8) is 0 Å². The number of aryl methyl sites for hydroxylation is 3. The van der Waals surface area contributed by atoms with E-state index in [9.17, 15) is 4.79 Å². The van der Waals surface area contributed by atoms with Crippen molar-refractivity contribution in [2.45, 2.75) is 59.0 Å². The van der Waals surface area contributed by atoms with Gasteiger partial charge in [0.15, 0.2) is 0 Å². The van der Waals surface area contributed by atoms with Crippen LogP contribution in [0.5, 0.6) is 0 Å². The highest BCUT2D eigenvalue weighted by Gasteiger charge is 2.34. The van der Waals surface area contributed by atoms with E-state index in [1.54, 1.807) is 0 Å². The SMILES string of the molecule is CCC(=O)N1CCn2c(C3CC3)nc(-c3c(C)ccc4cc(-c5cn(C)nc5C)ncc34)c2C1. The second-order valence-corrected chi connectivity index (χ2v) is 9.71. The van der Waals surface area contributed by atoms with Gasteiger partial charge in [-0.3, -0.25) is 14.5 Å². The smallest absolute Gasteiger partial charge is 0.222 e. The number of carbonyl (C=O) groups is 1. The van der Waals surface area contributed by atoms with Gasteiger partial charge in [0.05, 0.1) is 29.3 Å². The summed E-state index contributed by atoms with van der Waals surface area (Å²) in [5.74, 6) is 1.95. The lowest BCUT2D eigenvalue weighted by Crippen LogP contribution is -2.38. The molecule has 0 spiro atoms. The number of pyridine rings is 1. The Labute approximate surface area is 199 Å². The first-order chi connectivity index (χ1) is 16.4. The van der Waals surface area contributed by atoms with Crippen molar-refractivity contribution in [2.75, 3.05) is 6.54 Å². The summed E-state index contributed by atoms with van der Waals surface area (Å²) in [4.78, 5) is 24.6. The zero-order valence-electron chi connectivity index (χ0n) is 20.3. The first-order valence-corrected chi connectivity index (χ1v) is 12.2. The molecular weight excluding hydrogens is 424 g/mol. The highest BCUT2D eigenvalue weighted by atomic mass is 16.2. The molecule has 3 aromatic heterocycles. The van der Waals surface area contributed by atoms with Gasteiger partial charge in [0.25, 0.3) is 0 Å². The van der Waals surface area contributed by atoms with Crippen molar-refractivity contribution in [3.05, 3.63) is 53.4 Å². The van der Waals surface area contributed by atoms with E-state index < -0.39 is 0 Å². The van der Waals surface area contributed by atoms with Crippen LogP contribution < -0.4 is 0 Å². The van der Waals surface area contributed by atoms with Gasteiger partial charge in [0.1, 0.15) is 5.82 Å². The van der Waals surface area contributed by atoms with Crippen molar-refractivity contribution in [1.82, 2.24) is 29.2 Å². The maximum absolute atomic E-state index is 12.5. The lowest BCUT2D eigenvalue weighted by Gasteiger charge is -2.29. The molecule has 1 amide bonds. The zero-order valence-corrected chi connectivity index (χ0v) is 20.3. The van der Waals surface area contributed by atoms with Gasteiger partial charge in [-0.2, -0.15) is 5.10 Å². The van der Waals surface area contributed by atoms with Gasteiger partial charge in [-0.1, -0.05) is 19.1 Å². The van der Waals surface area contributed by atoms with Crippen LogP contribution >= 0.6 is 0 Å². The van der Waals surface area contributed by atoms with E-state index in [0.717, 1.165) is 57.8 Å². The van der Waals surface area contributed by atoms with Crippen LogP contribution in [0.25, 0.3) is 33.3 Å². The van der Waals surface area contributed by atoms with E-state index in [1.807, 2.05) is 42.9 Å². The Morgan fingerprint density at radius 1 is 1.18 bits per heavy atom. The predicted molar refractivity (Wildman–Crippen MR) is 132 cm³/mol. The Kier molecular flexibility index (Phi) is 4.83. The fourth-order valence-corrected chi connectivity index (χ4v) is 5.33. The summed E-state index contributed by atoms with van der Waals surface area (Å²) >= 11 is 0. The third kappa shape index (κ3) is 3.33. The molecule has 0 atom stereocenters. The summed E-state index contributed by atoms with van der Waals surface area (Å²) in [7, 11) is 1.94. The third-order valence-corrected chi connectivity index (χ3v) is 7.27. The molecule has 7 nitrogen and oxygen atoms in total. The standard InChI is InChI=1S/C27H30N6O/c1-5-24(34)32-10-11-33-23(15-32)26(29-27(33)18-8-9-18)25-16(2)6-7-19-12-22(28-13-20(19)25)21-14-31(4)30-17(21)3/h6-7,12-14,18H,5,8-11,15H2,1-4H3. The minimum Gasteiger partial charge on any atom is -0.335 e. The Morgan fingerprint density at radius 2 is 2.00 bits per heavy atom. The fourth-order valence-electron chi connectivity index (χ4n) is 5.33. The molecule has 1 saturated carbocycles. The van der Waals surface area contributed by atoms with E-state index in [-0.39, 0.29) is 5.91 Å². The monoisotopic (exact) mass is 454 g/mol. The van der Waals surface area contributed by atoms with Gasteiger partial charge in [-0.25, -0.2) is 4.98 Å². The number of rotatable bonds is 4. The Bertz CT molecular complexity index is 1440. The quantitative estimate of drug-likeness (QED) is 0.446. The van der Waals surface area contributed by atoms with Crippen molar-refractivity contribution < 1.29 is 4.79 Å². The molecular formula is C27H30N6O. The number of benzene rings is 1. The van der Waals surface area contributed by atoms with Gasteiger partial charge in [-0.15, -0.1) is 0 Å². The first-order valence-electron chi connectivity index (χ1n) is 12.2. The molecule has 1 fully saturated rings. The summed E-state index contributed by atoms with van der Waals surface area (Å²) in [6.45, 7) is 8.31. The predicted octanol–water partition coefficient (Wildman–Crippen LogP) is 4.75. The molecule has 6 rings (SSSR count). The van der Waals surface area contributed by atoms with Crippen LogP contribution in [-0.2, 0) is 24.9 Å². The van der Waals surface area contributed by atoms with Crippen LogP contribution in [0.4, 0.5) is 0 Å². The lowest BCUT2D eigenvalue weighted by molar-refractivity contribution is -0.132. The van der Waals surface area contributed by atoms with Crippen LogP contribution in [-0.4, -0.2) is 41.7 Å². The van der Waals surface area contributed by atoms with E-state index in [1.165, 1.54) is 24.2 Å². The largest absolute Gasteiger partial charge is 0.335 e.